The fraction of sp³-hybridized carbons (Fsp3) is 0.250. The first kappa shape index (κ1) is 23.3. The van der Waals surface area contributed by atoms with Gasteiger partial charge in [0.25, 0.3) is 0 Å². The Morgan fingerprint density at radius 3 is 2.23 bits per heavy atom. The summed E-state index contributed by atoms with van der Waals surface area (Å²) >= 11 is 0. The molecule has 2 aromatic carbocycles. The predicted octanol–water partition coefficient (Wildman–Crippen LogP) is 5.86. The van der Waals surface area contributed by atoms with E-state index in [0.717, 1.165) is 41.4 Å². The minimum absolute atomic E-state index is 0.280. The molecule has 2 aromatic heterocycles. The van der Waals surface area contributed by atoms with Gasteiger partial charge in [-0.05, 0) is 47.9 Å². The summed E-state index contributed by atoms with van der Waals surface area (Å²) in [4.78, 5) is 6.72. The molecule has 0 spiro atoms. The summed E-state index contributed by atoms with van der Waals surface area (Å²) in [6, 6.07) is 23.1. The molecule has 1 unspecified atom stereocenters. The van der Waals surface area contributed by atoms with Gasteiger partial charge in [-0.15, -0.1) is 0 Å². The highest BCUT2D eigenvalue weighted by atomic mass is 19.4. The van der Waals surface area contributed by atoms with Crippen LogP contribution in [0.25, 0.3) is 17.1 Å². The average Bonchev–Trinajstić information content (AvgIpc) is 3.22. The van der Waals surface area contributed by atoms with Gasteiger partial charge < -0.3 is 5.32 Å². The molecule has 0 amide bonds. The second kappa shape index (κ2) is 9.68. The number of alkyl halides is 3. The quantitative estimate of drug-likeness (QED) is 0.392. The van der Waals surface area contributed by atoms with Crippen LogP contribution in [0.4, 0.5) is 13.2 Å². The lowest BCUT2D eigenvalue weighted by atomic mass is 9.92. The Kier molecular flexibility index (Phi) is 6.45. The third kappa shape index (κ3) is 4.61. The Hall–Kier alpha value is -3.42. The van der Waals surface area contributed by atoms with Gasteiger partial charge >= 0.3 is 6.18 Å². The van der Waals surface area contributed by atoms with Crippen LogP contribution in [0, 0.1) is 6.92 Å². The molecule has 1 aliphatic rings. The Morgan fingerprint density at radius 1 is 0.857 bits per heavy atom. The molecule has 1 atom stereocenters. The monoisotopic (exact) mass is 476 g/mol. The number of nitrogens with zero attached hydrogens (tertiary/aromatic N) is 3. The smallest absolute Gasteiger partial charge is 0.314 e. The number of hydrogen-bond donors (Lipinski definition) is 1. The van der Waals surface area contributed by atoms with E-state index in [-0.39, 0.29) is 5.56 Å². The molecular weight excluding hydrogens is 449 g/mol. The minimum atomic E-state index is -4.44. The average molecular weight is 477 g/mol. The number of benzene rings is 2. The van der Waals surface area contributed by atoms with E-state index in [4.69, 9.17) is 0 Å². The standard InChI is InChI=1S/C28H27F3N4/c1-20-23(19-25(21-9-3-2-4-10-21)35(20)26-13-7-8-14-33-26)27(34-17-15-32-16-18-34)22-11-5-6-12-24(22)28(29,30)31/h2-14,19,27,32H,15-18H2,1H3. The summed E-state index contributed by atoms with van der Waals surface area (Å²) in [5.41, 5.74) is 3.31. The zero-order valence-corrected chi connectivity index (χ0v) is 19.5. The number of halogens is 3. The first-order chi connectivity index (χ1) is 16.9. The van der Waals surface area contributed by atoms with Crippen LogP contribution in [0.3, 0.4) is 0 Å². The topological polar surface area (TPSA) is 33.1 Å². The summed E-state index contributed by atoms with van der Waals surface area (Å²) in [7, 11) is 0. The third-order valence-electron chi connectivity index (χ3n) is 6.61. The van der Waals surface area contributed by atoms with Crippen LogP contribution in [-0.2, 0) is 6.18 Å². The normalized spacial score (nSPS) is 15.8. The van der Waals surface area contributed by atoms with Crippen molar-refractivity contribution in [1.82, 2.24) is 19.8 Å². The first-order valence-corrected chi connectivity index (χ1v) is 11.7. The third-order valence-corrected chi connectivity index (χ3v) is 6.61. The van der Waals surface area contributed by atoms with Gasteiger partial charge in [-0.25, -0.2) is 4.98 Å². The number of aromatic nitrogens is 2. The fourth-order valence-corrected chi connectivity index (χ4v) is 5.00. The predicted molar refractivity (Wildman–Crippen MR) is 131 cm³/mol. The molecular formula is C28H27F3N4. The second-order valence-corrected chi connectivity index (χ2v) is 8.73. The van der Waals surface area contributed by atoms with Crippen molar-refractivity contribution in [3.05, 3.63) is 107 Å². The molecule has 180 valence electrons. The summed E-state index contributed by atoms with van der Waals surface area (Å²) in [6.07, 6.45) is -2.71. The van der Waals surface area contributed by atoms with Crippen molar-refractivity contribution in [1.29, 1.82) is 0 Å². The molecule has 5 rings (SSSR count). The summed E-state index contributed by atoms with van der Waals surface area (Å²) in [5.74, 6) is 0.735. The van der Waals surface area contributed by atoms with Crippen LogP contribution in [0.5, 0.6) is 0 Å². The van der Waals surface area contributed by atoms with Crippen molar-refractivity contribution >= 4 is 0 Å². The molecule has 4 aromatic rings. The zero-order valence-electron chi connectivity index (χ0n) is 19.5. The maximum Gasteiger partial charge on any atom is 0.416 e. The minimum Gasteiger partial charge on any atom is -0.314 e. The second-order valence-electron chi connectivity index (χ2n) is 8.73. The van der Waals surface area contributed by atoms with Gasteiger partial charge in [0.05, 0.1) is 17.3 Å². The van der Waals surface area contributed by atoms with Crippen LogP contribution in [0.1, 0.15) is 28.4 Å². The number of rotatable bonds is 5. The van der Waals surface area contributed by atoms with Gasteiger partial charge in [-0.2, -0.15) is 13.2 Å². The van der Waals surface area contributed by atoms with Crippen molar-refractivity contribution in [2.75, 3.05) is 26.2 Å². The SMILES string of the molecule is Cc1c(C(c2ccccc2C(F)(F)F)N2CCNCC2)cc(-c2ccccc2)n1-c1ccccn1. The van der Waals surface area contributed by atoms with Crippen molar-refractivity contribution in [3.63, 3.8) is 0 Å². The highest BCUT2D eigenvalue weighted by Crippen LogP contribution is 2.42. The van der Waals surface area contributed by atoms with E-state index >= 15 is 0 Å². The van der Waals surface area contributed by atoms with E-state index < -0.39 is 17.8 Å². The largest absolute Gasteiger partial charge is 0.416 e. The van der Waals surface area contributed by atoms with Gasteiger partial charge in [-0.1, -0.05) is 54.6 Å². The maximum absolute atomic E-state index is 14.2. The summed E-state index contributed by atoms with van der Waals surface area (Å²) < 4.78 is 44.5. The number of pyridine rings is 1. The number of nitrogens with one attached hydrogen (secondary N) is 1. The Morgan fingerprint density at radius 2 is 1.54 bits per heavy atom. The van der Waals surface area contributed by atoms with Crippen molar-refractivity contribution < 1.29 is 13.2 Å². The lowest BCUT2D eigenvalue weighted by molar-refractivity contribution is -0.138. The lowest BCUT2D eigenvalue weighted by Gasteiger charge is -2.36. The van der Waals surface area contributed by atoms with Gasteiger partial charge in [0, 0.05) is 38.1 Å². The van der Waals surface area contributed by atoms with E-state index in [9.17, 15) is 13.2 Å². The highest BCUT2D eigenvalue weighted by Gasteiger charge is 2.38. The molecule has 0 radical (unpaired) electrons. The molecule has 1 N–H and O–H groups in total. The molecule has 1 aliphatic heterocycles. The van der Waals surface area contributed by atoms with Gasteiger partial charge in [0.2, 0.25) is 0 Å². The first-order valence-electron chi connectivity index (χ1n) is 11.7. The lowest BCUT2D eigenvalue weighted by Crippen LogP contribution is -2.45. The molecule has 0 saturated carbocycles. The van der Waals surface area contributed by atoms with Crippen LogP contribution < -0.4 is 5.32 Å². The van der Waals surface area contributed by atoms with Gasteiger partial charge in [-0.3, -0.25) is 9.47 Å². The molecule has 0 bridgehead atoms. The molecule has 1 saturated heterocycles. The maximum atomic E-state index is 14.2. The Bertz CT molecular complexity index is 1280. The van der Waals surface area contributed by atoms with Crippen molar-refractivity contribution in [2.24, 2.45) is 0 Å². The number of hydrogen-bond acceptors (Lipinski definition) is 3. The van der Waals surface area contributed by atoms with E-state index in [0.29, 0.717) is 13.1 Å². The highest BCUT2D eigenvalue weighted by molar-refractivity contribution is 5.66. The molecule has 7 heteroatoms. The fourth-order valence-electron chi connectivity index (χ4n) is 5.00. The zero-order chi connectivity index (χ0) is 24.4. The van der Waals surface area contributed by atoms with Crippen molar-refractivity contribution in [2.45, 2.75) is 19.1 Å². The van der Waals surface area contributed by atoms with E-state index in [1.54, 1.807) is 18.3 Å². The molecule has 0 aliphatic carbocycles. The van der Waals surface area contributed by atoms with Crippen LogP contribution in [-0.4, -0.2) is 40.6 Å². The molecule has 35 heavy (non-hydrogen) atoms. The van der Waals surface area contributed by atoms with Gasteiger partial charge in [0.15, 0.2) is 0 Å². The Labute approximate surface area is 203 Å². The van der Waals surface area contributed by atoms with E-state index in [2.05, 4.69) is 19.8 Å². The molecule has 1 fully saturated rings. The summed E-state index contributed by atoms with van der Waals surface area (Å²) in [6.45, 7) is 4.76. The summed E-state index contributed by atoms with van der Waals surface area (Å²) in [5, 5.41) is 3.32. The van der Waals surface area contributed by atoms with Crippen LogP contribution >= 0.6 is 0 Å². The van der Waals surface area contributed by atoms with Crippen LogP contribution in [0.15, 0.2) is 85.1 Å². The van der Waals surface area contributed by atoms with Crippen molar-refractivity contribution in [3.8, 4) is 17.1 Å². The van der Waals surface area contributed by atoms with Crippen LogP contribution in [0.2, 0.25) is 0 Å². The van der Waals surface area contributed by atoms with Gasteiger partial charge in [0.1, 0.15) is 5.82 Å². The molecule has 4 nitrogen and oxygen atoms in total. The van der Waals surface area contributed by atoms with E-state index in [1.807, 2.05) is 61.5 Å². The molecule has 3 heterocycles. The Balaban J connectivity index is 1.76. The van der Waals surface area contributed by atoms with E-state index in [1.165, 1.54) is 12.1 Å². The number of piperazine rings is 1.